The highest BCUT2D eigenvalue weighted by Gasteiger charge is 1.80. The lowest BCUT2D eigenvalue weighted by Crippen LogP contribution is -2.23. The normalized spacial score (nSPS) is 7.69. The third-order valence-corrected chi connectivity index (χ3v) is 1.03. The van der Waals surface area contributed by atoms with E-state index in [1.165, 1.54) is 12.8 Å². The number of nitrogens with one attached hydrogen (secondary N) is 1. The highest BCUT2D eigenvalue weighted by Crippen LogP contribution is 1.80. The molecule has 0 aliphatic heterocycles. The molecule has 13 heavy (non-hydrogen) atoms. The molecule has 5 N–H and O–H groups in total. The van der Waals surface area contributed by atoms with Crippen molar-refractivity contribution in [3.63, 3.8) is 0 Å². The van der Waals surface area contributed by atoms with E-state index in [1.54, 1.807) is 0 Å². The van der Waals surface area contributed by atoms with Crippen molar-refractivity contribution in [3.8, 4) is 0 Å². The van der Waals surface area contributed by atoms with Gasteiger partial charge in [0.2, 0.25) is 0 Å². The highest BCUT2D eigenvalue weighted by atomic mass is 14.9. The maximum absolute atomic E-state index is 5.25. The minimum atomic E-state index is 0.750. The predicted octanol–water partition coefficient (Wildman–Crippen LogP) is 1.10. The average Bonchev–Trinajstić information content (AvgIpc) is 2.17. The Balaban J connectivity index is -0.000000169. The van der Waals surface area contributed by atoms with Crippen LogP contribution in [0.3, 0.4) is 0 Å². The summed E-state index contributed by atoms with van der Waals surface area (Å²) in [6.45, 7) is 13.7. The molecule has 0 fully saturated rings. The Hall–Kier alpha value is -0.380. The highest BCUT2D eigenvalue weighted by molar-refractivity contribution is 4.45. The van der Waals surface area contributed by atoms with Gasteiger partial charge in [0, 0.05) is 13.1 Å². The van der Waals surface area contributed by atoms with E-state index in [4.69, 9.17) is 11.5 Å². The van der Waals surface area contributed by atoms with Crippen molar-refractivity contribution in [1.29, 1.82) is 0 Å². The smallest absolute Gasteiger partial charge is 0.00745 e. The van der Waals surface area contributed by atoms with Crippen LogP contribution in [0.1, 0.15) is 26.7 Å². The minimum Gasteiger partial charge on any atom is -0.331 e. The minimum absolute atomic E-state index is 0.750. The maximum atomic E-state index is 5.25. The van der Waals surface area contributed by atoms with Crippen LogP contribution in [-0.2, 0) is 0 Å². The molecule has 0 heterocycles. The summed E-state index contributed by atoms with van der Waals surface area (Å²) >= 11 is 0. The summed E-state index contributed by atoms with van der Waals surface area (Å²) in [5.41, 5.74) is 10.1. The Bertz CT molecular complexity index is 52.1. The quantitative estimate of drug-likeness (QED) is 0.448. The largest absolute Gasteiger partial charge is 0.331 e. The van der Waals surface area contributed by atoms with Crippen LogP contribution < -0.4 is 16.8 Å². The first-order valence-electron chi connectivity index (χ1n) is 4.94. The fourth-order valence-corrected chi connectivity index (χ4v) is 0.529. The molecule has 0 saturated carbocycles. The summed E-state index contributed by atoms with van der Waals surface area (Å²) in [6.07, 6.45) is 2.53. The Morgan fingerprint density at radius 2 is 1.54 bits per heavy atom. The zero-order valence-electron chi connectivity index (χ0n) is 9.31. The van der Waals surface area contributed by atoms with E-state index in [2.05, 4.69) is 25.4 Å². The van der Waals surface area contributed by atoms with Gasteiger partial charge in [0.25, 0.3) is 0 Å². The summed E-state index contributed by atoms with van der Waals surface area (Å²) in [5, 5.41) is 3.21. The number of nitrogens with two attached hydrogens (primary N) is 2. The van der Waals surface area contributed by atoms with E-state index in [1.807, 2.05) is 6.92 Å². The van der Waals surface area contributed by atoms with Crippen LogP contribution in [0.2, 0.25) is 0 Å². The van der Waals surface area contributed by atoms with Gasteiger partial charge in [-0.15, -0.1) is 13.2 Å². The molecule has 0 saturated heterocycles. The van der Waals surface area contributed by atoms with Gasteiger partial charge in [0.1, 0.15) is 0 Å². The van der Waals surface area contributed by atoms with Crippen LogP contribution in [-0.4, -0.2) is 26.2 Å². The Morgan fingerprint density at radius 3 is 1.85 bits per heavy atom. The van der Waals surface area contributed by atoms with Gasteiger partial charge in [-0.3, -0.25) is 0 Å². The fraction of sp³-hybridized carbons (Fsp3) is 0.800. The fourth-order valence-electron chi connectivity index (χ4n) is 0.529. The molecule has 82 valence electrons. The van der Waals surface area contributed by atoms with Gasteiger partial charge in [-0.05, 0) is 19.5 Å². The molecule has 0 amide bonds. The third-order valence-electron chi connectivity index (χ3n) is 1.03. The molecule has 0 aliphatic carbocycles. The monoisotopic (exact) mass is 189 g/mol. The molecule has 0 aromatic rings. The summed E-state index contributed by atoms with van der Waals surface area (Å²) in [5.74, 6) is 0. The van der Waals surface area contributed by atoms with Gasteiger partial charge in [-0.2, -0.15) is 0 Å². The van der Waals surface area contributed by atoms with Crippen molar-refractivity contribution in [2.24, 2.45) is 11.5 Å². The molecule has 0 spiro atoms. The van der Waals surface area contributed by atoms with Crippen molar-refractivity contribution >= 4 is 0 Å². The van der Waals surface area contributed by atoms with Crippen LogP contribution >= 0.6 is 0 Å². The number of hydrogen-bond acceptors (Lipinski definition) is 3. The van der Waals surface area contributed by atoms with Crippen molar-refractivity contribution < 1.29 is 0 Å². The molecule has 0 bridgehead atoms. The van der Waals surface area contributed by atoms with Crippen LogP contribution in [0.15, 0.2) is 13.2 Å². The molecular formula is C10H27N3. The molecule has 0 aromatic carbocycles. The summed E-state index contributed by atoms with van der Waals surface area (Å²) in [7, 11) is 0. The zero-order valence-corrected chi connectivity index (χ0v) is 9.31. The molecule has 3 heteroatoms. The number of hydrogen-bond donors (Lipinski definition) is 3. The molecule has 0 aromatic heterocycles. The van der Waals surface area contributed by atoms with E-state index >= 15 is 0 Å². The zero-order chi connectivity index (χ0) is 10.9. The van der Waals surface area contributed by atoms with Crippen LogP contribution in [0.25, 0.3) is 0 Å². The molecule has 3 nitrogen and oxygen atoms in total. The van der Waals surface area contributed by atoms with Crippen molar-refractivity contribution in [1.82, 2.24) is 5.32 Å². The lowest BCUT2D eigenvalue weighted by Gasteiger charge is -1.98. The molecule has 0 radical (unpaired) electrons. The van der Waals surface area contributed by atoms with Gasteiger partial charge in [-0.25, -0.2) is 0 Å². The van der Waals surface area contributed by atoms with Crippen LogP contribution in [0, 0.1) is 0 Å². The summed E-state index contributed by atoms with van der Waals surface area (Å²) < 4.78 is 0. The number of unbranched alkanes of at least 4 members (excludes halogenated alkanes) is 1. The molecule has 0 rings (SSSR count). The lowest BCUT2D eigenvalue weighted by atomic mass is 10.3. The topological polar surface area (TPSA) is 64.1 Å². The third kappa shape index (κ3) is 50.4. The standard InChI is InChI=1S/C6H16N2.C2H7N.C2H4/c1-2-3-5-8-6-4-7;1-2-3;1-2/h8H,2-7H2,1H3;2-3H2,1H3;1-2H2. The van der Waals surface area contributed by atoms with E-state index in [0.29, 0.717) is 0 Å². The van der Waals surface area contributed by atoms with Gasteiger partial charge in [0.15, 0.2) is 0 Å². The lowest BCUT2D eigenvalue weighted by molar-refractivity contribution is 0.645. The molecule has 0 aliphatic rings. The Labute approximate surface area is 83.6 Å². The van der Waals surface area contributed by atoms with Gasteiger partial charge >= 0.3 is 0 Å². The Kier molecular flexibility index (Phi) is 42.4. The second kappa shape index (κ2) is 29.9. The van der Waals surface area contributed by atoms with Crippen molar-refractivity contribution in [2.75, 3.05) is 26.2 Å². The number of rotatable bonds is 5. The van der Waals surface area contributed by atoms with Crippen molar-refractivity contribution in [2.45, 2.75) is 26.7 Å². The van der Waals surface area contributed by atoms with E-state index in [9.17, 15) is 0 Å². The van der Waals surface area contributed by atoms with E-state index < -0.39 is 0 Å². The maximum Gasteiger partial charge on any atom is 0.00745 e. The SMILES string of the molecule is C=C.CCCCNCCN.CCN. The van der Waals surface area contributed by atoms with Gasteiger partial charge < -0.3 is 16.8 Å². The molecule has 0 unspecified atom stereocenters. The first-order chi connectivity index (χ1) is 6.33. The van der Waals surface area contributed by atoms with Gasteiger partial charge in [0.05, 0.1) is 0 Å². The van der Waals surface area contributed by atoms with Crippen molar-refractivity contribution in [3.05, 3.63) is 13.2 Å². The predicted molar refractivity (Wildman–Crippen MR) is 62.8 cm³/mol. The second-order valence-electron chi connectivity index (χ2n) is 2.30. The van der Waals surface area contributed by atoms with E-state index in [-0.39, 0.29) is 0 Å². The molecule has 0 atom stereocenters. The van der Waals surface area contributed by atoms with E-state index in [0.717, 1.165) is 26.2 Å². The first-order valence-corrected chi connectivity index (χ1v) is 4.94. The summed E-state index contributed by atoms with van der Waals surface area (Å²) in [4.78, 5) is 0. The molecular weight excluding hydrogens is 162 g/mol. The second-order valence-corrected chi connectivity index (χ2v) is 2.30. The summed E-state index contributed by atoms with van der Waals surface area (Å²) in [6, 6.07) is 0. The first kappa shape index (κ1) is 18.4. The van der Waals surface area contributed by atoms with Crippen LogP contribution in [0.4, 0.5) is 0 Å². The Morgan fingerprint density at radius 1 is 1.08 bits per heavy atom. The van der Waals surface area contributed by atoms with Gasteiger partial charge in [-0.1, -0.05) is 20.3 Å². The van der Waals surface area contributed by atoms with Crippen LogP contribution in [0.5, 0.6) is 0 Å². The average molecular weight is 189 g/mol.